The van der Waals surface area contributed by atoms with E-state index < -0.39 is 0 Å². The molecule has 0 spiro atoms. The molecule has 0 amide bonds. The van der Waals surface area contributed by atoms with Crippen LogP contribution >= 0.6 is 11.3 Å². The molecule has 132 valence electrons. The zero-order valence-electron chi connectivity index (χ0n) is 15.0. The molecular weight excluding hydrogens is 340 g/mol. The zero-order chi connectivity index (χ0) is 18.4. The Hall–Kier alpha value is -2.92. The third-order valence-electron chi connectivity index (χ3n) is 3.94. The third-order valence-corrected chi connectivity index (χ3v) is 4.79. The van der Waals surface area contributed by atoms with E-state index in [-0.39, 0.29) is 0 Å². The first-order chi connectivity index (χ1) is 12.7. The van der Waals surface area contributed by atoms with Crippen LogP contribution in [-0.4, -0.2) is 24.9 Å². The largest absolute Gasteiger partial charge is 0.378 e. The SMILES string of the molecule is C=CCn1c(-c2ccccc2)cs/c1=N/N=C\c1ccc(N(C)C)cc1. The number of hydrogen-bond donors (Lipinski definition) is 0. The average Bonchev–Trinajstić information content (AvgIpc) is 3.06. The quantitative estimate of drug-likeness (QED) is 0.363. The Labute approximate surface area is 158 Å². The molecule has 4 nitrogen and oxygen atoms in total. The van der Waals surface area contributed by atoms with Crippen molar-refractivity contribution in [3.63, 3.8) is 0 Å². The molecule has 0 aliphatic rings. The molecule has 2 aromatic carbocycles. The lowest BCUT2D eigenvalue weighted by Crippen LogP contribution is -2.14. The van der Waals surface area contributed by atoms with E-state index in [2.05, 4.69) is 55.9 Å². The Morgan fingerprint density at radius 2 is 1.81 bits per heavy atom. The predicted molar refractivity (Wildman–Crippen MR) is 112 cm³/mol. The summed E-state index contributed by atoms with van der Waals surface area (Å²) in [6, 6.07) is 18.5. The molecule has 0 atom stereocenters. The van der Waals surface area contributed by atoms with Crippen LogP contribution in [0.5, 0.6) is 0 Å². The van der Waals surface area contributed by atoms with Crippen LogP contribution in [0.1, 0.15) is 5.56 Å². The summed E-state index contributed by atoms with van der Waals surface area (Å²) in [4.78, 5) is 2.92. The van der Waals surface area contributed by atoms with Gasteiger partial charge >= 0.3 is 0 Å². The first-order valence-electron chi connectivity index (χ1n) is 8.38. The van der Waals surface area contributed by atoms with Gasteiger partial charge in [0.1, 0.15) is 0 Å². The van der Waals surface area contributed by atoms with Gasteiger partial charge in [0.25, 0.3) is 0 Å². The van der Waals surface area contributed by atoms with Gasteiger partial charge in [0.15, 0.2) is 0 Å². The standard InChI is InChI=1S/C21H22N4S/c1-4-14-25-20(18-8-6-5-7-9-18)16-26-21(25)23-22-15-17-10-12-19(13-11-17)24(2)3/h4-13,15-16H,1,14H2,2-3H3/b22-15-,23-21+. The summed E-state index contributed by atoms with van der Waals surface area (Å²) in [5, 5.41) is 10.8. The molecule has 0 saturated carbocycles. The van der Waals surface area contributed by atoms with Crippen LogP contribution in [0.3, 0.4) is 0 Å². The second kappa shape index (κ2) is 8.45. The summed E-state index contributed by atoms with van der Waals surface area (Å²) in [7, 11) is 4.05. The smallest absolute Gasteiger partial charge is 0.211 e. The minimum absolute atomic E-state index is 0.694. The lowest BCUT2D eigenvalue weighted by Gasteiger charge is -2.11. The van der Waals surface area contributed by atoms with Gasteiger partial charge in [0.05, 0.1) is 11.9 Å². The molecule has 0 saturated heterocycles. The number of benzene rings is 2. The number of allylic oxidation sites excluding steroid dienone is 1. The van der Waals surface area contributed by atoms with Gasteiger partial charge in [-0.1, -0.05) is 48.5 Å². The van der Waals surface area contributed by atoms with Gasteiger partial charge in [-0.25, -0.2) is 0 Å². The van der Waals surface area contributed by atoms with E-state index in [1.54, 1.807) is 17.6 Å². The fraction of sp³-hybridized carbons (Fsp3) is 0.143. The van der Waals surface area contributed by atoms with Gasteiger partial charge in [-0.2, -0.15) is 5.10 Å². The zero-order valence-corrected chi connectivity index (χ0v) is 15.9. The third kappa shape index (κ3) is 4.18. The highest BCUT2D eigenvalue weighted by Gasteiger charge is 2.06. The summed E-state index contributed by atoms with van der Waals surface area (Å²) >= 11 is 1.58. The Balaban J connectivity index is 1.88. The molecule has 0 bridgehead atoms. The Morgan fingerprint density at radius 1 is 1.08 bits per heavy atom. The van der Waals surface area contributed by atoms with E-state index >= 15 is 0 Å². The fourth-order valence-electron chi connectivity index (χ4n) is 2.56. The van der Waals surface area contributed by atoms with Crippen molar-refractivity contribution >= 4 is 23.2 Å². The van der Waals surface area contributed by atoms with Crippen LogP contribution in [-0.2, 0) is 6.54 Å². The molecule has 3 rings (SSSR count). The molecule has 0 fully saturated rings. The minimum Gasteiger partial charge on any atom is -0.378 e. The maximum absolute atomic E-state index is 4.42. The molecule has 0 aliphatic carbocycles. The van der Waals surface area contributed by atoms with Crippen molar-refractivity contribution in [3.8, 4) is 11.3 Å². The lowest BCUT2D eigenvalue weighted by atomic mass is 10.2. The molecular formula is C21H22N4S. The number of rotatable bonds is 6. The normalized spacial score (nSPS) is 11.8. The number of hydrogen-bond acceptors (Lipinski definition) is 4. The molecule has 3 aromatic rings. The Kier molecular flexibility index (Phi) is 5.81. The molecule has 0 N–H and O–H groups in total. The summed E-state index contributed by atoms with van der Waals surface area (Å²) in [6.45, 7) is 4.56. The predicted octanol–water partition coefficient (Wildman–Crippen LogP) is 4.40. The van der Waals surface area contributed by atoms with Gasteiger partial charge in [0.2, 0.25) is 4.80 Å². The van der Waals surface area contributed by atoms with Crippen molar-refractivity contribution in [1.82, 2.24) is 4.57 Å². The monoisotopic (exact) mass is 362 g/mol. The second-order valence-corrected chi connectivity index (χ2v) is 6.84. The maximum atomic E-state index is 4.42. The second-order valence-electron chi connectivity index (χ2n) is 6.00. The van der Waals surface area contributed by atoms with E-state index in [4.69, 9.17) is 0 Å². The van der Waals surface area contributed by atoms with Crippen molar-refractivity contribution < 1.29 is 0 Å². The molecule has 0 unspecified atom stereocenters. The number of thiazole rings is 1. The van der Waals surface area contributed by atoms with Crippen molar-refractivity contribution in [1.29, 1.82) is 0 Å². The van der Waals surface area contributed by atoms with Gasteiger partial charge in [-0.05, 0) is 23.3 Å². The van der Waals surface area contributed by atoms with E-state index in [0.717, 1.165) is 27.3 Å². The van der Waals surface area contributed by atoms with Crippen LogP contribution in [0.25, 0.3) is 11.3 Å². The van der Waals surface area contributed by atoms with Gasteiger partial charge < -0.3 is 9.47 Å². The van der Waals surface area contributed by atoms with Crippen LogP contribution in [0.2, 0.25) is 0 Å². The molecule has 26 heavy (non-hydrogen) atoms. The van der Waals surface area contributed by atoms with Crippen LogP contribution in [0.15, 0.2) is 82.8 Å². The average molecular weight is 363 g/mol. The van der Waals surface area contributed by atoms with Crippen LogP contribution < -0.4 is 9.70 Å². The first kappa shape index (κ1) is 17.9. The number of aromatic nitrogens is 1. The molecule has 0 aliphatic heterocycles. The summed E-state index contributed by atoms with van der Waals surface area (Å²) < 4.78 is 2.12. The molecule has 5 heteroatoms. The molecule has 1 heterocycles. The van der Waals surface area contributed by atoms with Crippen molar-refractivity contribution in [2.24, 2.45) is 10.2 Å². The van der Waals surface area contributed by atoms with Gasteiger partial charge in [-0.15, -0.1) is 23.0 Å². The van der Waals surface area contributed by atoms with E-state index in [1.807, 2.05) is 50.5 Å². The molecule has 1 aromatic heterocycles. The highest BCUT2D eigenvalue weighted by Crippen LogP contribution is 2.19. The highest BCUT2D eigenvalue weighted by atomic mass is 32.1. The van der Waals surface area contributed by atoms with Crippen molar-refractivity contribution in [2.75, 3.05) is 19.0 Å². The summed E-state index contributed by atoms with van der Waals surface area (Å²) in [5.74, 6) is 0. The van der Waals surface area contributed by atoms with E-state index in [1.165, 1.54) is 0 Å². The van der Waals surface area contributed by atoms with Gasteiger partial charge in [-0.3, -0.25) is 0 Å². The maximum Gasteiger partial charge on any atom is 0.211 e. The molecule has 0 radical (unpaired) electrons. The Bertz CT molecular complexity index is 948. The first-order valence-corrected chi connectivity index (χ1v) is 9.26. The number of nitrogens with zero attached hydrogens (tertiary/aromatic N) is 4. The van der Waals surface area contributed by atoms with Crippen LogP contribution in [0.4, 0.5) is 5.69 Å². The minimum atomic E-state index is 0.694. The lowest BCUT2D eigenvalue weighted by molar-refractivity contribution is 0.789. The Morgan fingerprint density at radius 3 is 2.46 bits per heavy atom. The fourth-order valence-corrected chi connectivity index (χ4v) is 3.43. The van der Waals surface area contributed by atoms with Crippen LogP contribution in [0, 0.1) is 0 Å². The van der Waals surface area contributed by atoms with Crippen molar-refractivity contribution in [2.45, 2.75) is 6.54 Å². The topological polar surface area (TPSA) is 32.9 Å². The highest BCUT2D eigenvalue weighted by molar-refractivity contribution is 7.07. The van der Waals surface area contributed by atoms with E-state index in [9.17, 15) is 0 Å². The summed E-state index contributed by atoms with van der Waals surface area (Å²) in [5.41, 5.74) is 4.47. The van der Waals surface area contributed by atoms with Gasteiger partial charge in [0, 0.05) is 31.7 Å². The van der Waals surface area contributed by atoms with E-state index in [0.29, 0.717) is 6.54 Å². The summed E-state index contributed by atoms with van der Waals surface area (Å²) in [6.07, 6.45) is 3.65. The van der Waals surface area contributed by atoms with Crippen molar-refractivity contribution in [3.05, 3.63) is 83.0 Å². The number of anilines is 1.